The topological polar surface area (TPSA) is 22.1 Å². The van der Waals surface area contributed by atoms with Gasteiger partial charge in [-0.1, -0.05) is 23.8 Å². The highest BCUT2D eigenvalue weighted by molar-refractivity contribution is 5.35. The second-order valence-corrected chi connectivity index (χ2v) is 4.33. The lowest BCUT2D eigenvalue weighted by Crippen LogP contribution is -2.00. The number of hydrogen-bond acceptors (Lipinski definition) is 2. The fraction of sp³-hybridized carbons (Fsp3) is 0.267. The number of aromatic nitrogens is 1. The van der Waals surface area contributed by atoms with Gasteiger partial charge in [-0.05, 0) is 44.5 Å². The molecular weight excluding hydrogens is 210 g/mol. The molecule has 0 aliphatic heterocycles. The third kappa shape index (κ3) is 3.06. The van der Waals surface area contributed by atoms with Gasteiger partial charge in [-0.3, -0.25) is 4.98 Å². The van der Waals surface area contributed by atoms with Crippen LogP contribution in [0.25, 0.3) is 0 Å². The maximum absolute atomic E-state index is 5.77. The van der Waals surface area contributed by atoms with Crippen molar-refractivity contribution in [1.29, 1.82) is 0 Å². The van der Waals surface area contributed by atoms with E-state index in [1.807, 2.05) is 31.2 Å². The summed E-state index contributed by atoms with van der Waals surface area (Å²) in [5.74, 6) is 0.930. The zero-order chi connectivity index (χ0) is 12.3. The first-order valence-corrected chi connectivity index (χ1v) is 5.78. The summed E-state index contributed by atoms with van der Waals surface area (Å²) >= 11 is 0. The van der Waals surface area contributed by atoms with E-state index in [-0.39, 0.29) is 0 Å². The van der Waals surface area contributed by atoms with Crippen LogP contribution in [-0.2, 0) is 6.61 Å². The Hall–Kier alpha value is -1.83. The van der Waals surface area contributed by atoms with E-state index in [0.29, 0.717) is 6.61 Å². The molecule has 1 heterocycles. The SMILES string of the molecule is Cc1ccc(OCc2cccc(C)n2)c(C)c1. The minimum Gasteiger partial charge on any atom is -0.487 e. The first-order chi connectivity index (χ1) is 8.15. The van der Waals surface area contributed by atoms with E-state index in [2.05, 4.69) is 31.0 Å². The van der Waals surface area contributed by atoms with Gasteiger partial charge in [0.05, 0.1) is 5.69 Å². The second-order valence-electron chi connectivity index (χ2n) is 4.33. The van der Waals surface area contributed by atoms with Crippen LogP contribution in [0.2, 0.25) is 0 Å². The molecule has 2 rings (SSSR count). The summed E-state index contributed by atoms with van der Waals surface area (Å²) in [6, 6.07) is 12.2. The number of rotatable bonds is 3. The summed E-state index contributed by atoms with van der Waals surface area (Å²) in [5.41, 5.74) is 4.40. The van der Waals surface area contributed by atoms with Crippen LogP contribution in [0.15, 0.2) is 36.4 Å². The van der Waals surface area contributed by atoms with Crippen LogP contribution in [0.5, 0.6) is 5.75 Å². The molecule has 0 spiro atoms. The lowest BCUT2D eigenvalue weighted by atomic mass is 10.1. The summed E-state index contributed by atoms with van der Waals surface area (Å²) < 4.78 is 5.77. The van der Waals surface area contributed by atoms with Crippen LogP contribution >= 0.6 is 0 Å². The van der Waals surface area contributed by atoms with Gasteiger partial charge in [0, 0.05) is 5.69 Å². The number of ether oxygens (including phenoxy) is 1. The summed E-state index contributed by atoms with van der Waals surface area (Å²) in [6.45, 7) is 6.65. The van der Waals surface area contributed by atoms with E-state index in [0.717, 1.165) is 22.7 Å². The molecule has 0 atom stereocenters. The highest BCUT2D eigenvalue weighted by atomic mass is 16.5. The van der Waals surface area contributed by atoms with E-state index in [9.17, 15) is 0 Å². The molecular formula is C15H17NO. The van der Waals surface area contributed by atoms with Gasteiger partial charge in [-0.25, -0.2) is 0 Å². The molecule has 0 aliphatic carbocycles. The van der Waals surface area contributed by atoms with E-state index < -0.39 is 0 Å². The van der Waals surface area contributed by atoms with Crippen LogP contribution in [-0.4, -0.2) is 4.98 Å². The Morgan fingerprint density at radius 1 is 1.06 bits per heavy atom. The van der Waals surface area contributed by atoms with Gasteiger partial charge in [-0.2, -0.15) is 0 Å². The second kappa shape index (κ2) is 5.00. The largest absolute Gasteiger partial charge is 0.487 e. The third-order valence-electron chi connectivity index (χ3n) is 2.65. The van der Waals surface area contributed by atoms with Crippen molar-refractivity contribution in [3.05, 3.63) is 58.9 Å². The highest BCUT2D eigenvalue weighted by Gasteiger charge is 2.01. The summed E-state index contributed by atoms with van der Waals surface area (Å²) in [7, 11) is 0. The first kappa shape index (κ1) is 11.6. The van der Waals surface area contributed by atoms with Crippen LogP contribution in [0.1, 0.15) is 22.5 Å². The standard InChI is InChI=1S/C15H17NO/c1-11-7-8-15(12(2)9-11)17-10-14-6-4-5-13(3)16-14/h4-9H,10H2,1-3H3. The van der Waals surface area contributed by atoms with Gasteiger partial charge in [0.2, 0.25) is 0 Å². The average molecular weight is 227 g/mol. The Morgan fingerprint density at radius 2 is 1.88 bits per heavy atom. The van der Waals surface area contributed by atoms with E-state index in [1.54, 1.807) is 0 Å². The van der Waals surface area contributed by atoms with Gasteiger partial charge in [0.25, 0.3) is 0 Å². The average Bonchev–Trinajstić information content (AvgIpc) is 2.28. The molecule has 1 aromatic heterocycles. The van der Waals surface area contributed by atoms with E-state index >= 15 is 0 Å². The zero-order valence-electron chi connectivity index (χ0n) is 10.5. The van der Waals surface area contributed by atoms with Crippen molar-refractivity contribution in [3.8, 4) is 5.75 Å². The number of benzene rings is 1. The van der Waals surface area contributed by atoms with Gasteiger partial charge in [-0.15, -0.1) is 0 Å². The predicted molar refractivity (Wildman–Crippen MR) is 69.2 cm³/mol. The maximum atomic E-state index is 5.77. The Kier molecular flexibility index (Phi) is 3.43. The Balaban J connectivity index is 2.07. The van der Waals surface area contributed by atoms with Crippen molar-refractivity contribution in [3.63, 3.8) is 0 Å². The van der Waals surface area contributed by atoms with Crippen molar-refractivity contribution in [2.45, 2.75) is 27.4 Å². The van der Waals surface area contributed by atoms with Crippen molar-refractivity contribution >= 4 is 0 Å². The fourth-order valence-electron chi connectivity index (χ4n) is 1.79. The normalized spacial score (nSPS) is 10.3. The van der Waals surface area contributed by atoms with Gasteiger partial charge in [0.15, 0.2) is 0 Å². The minimum absolute atomic E-state index is 0.519. The van der Waals surface area contributed by atoms with Gasteiger partial charge < -0.3 is 4.74 Å². The van der Waals surface area contributed by atoms with E-state index in [1.165, 1.54) is 5.56 Å². The molecule has 2 nitrogen and oxygen atoms in total. The summed E-state index contributed by atoms with van der Waals surface area (Å²) in [6.07, 6.45) is 0. The Bertz CT molecular complexity index is 520. The molecule has 0 bridgehead atoms. The molecule has 0 saturated carbocycles. The Morgan fingerprint density at radius 3 is 2.59 bits per heavy atom. The lowest BCUT2D eigenvalue weighted by Gasteiger charge is -2.09. The molecule has 17 heavy (non-hydrogen) atoms. The van der Waals surface area contributed by atoms with Crippen LogP contribution < -0.4 is 4.74 Å². The molecule has 2 heteroatoms. The third-order valence-corrected chi connectivity index (χ3v) is 2.65. The molecule has 0 unspecified atom stereocenters. The van der Waals surface area contributed by atoms with Gasteiger partial charge in [0.1, 0.15) is 12.4 Å². The molecule has 0 amide bonds. The lowest BCUT2D eigenvalue weighted by molar-refractivity contribution is 0.299. The molecule has 1 aromatic carbocycles. The van der Waals surface area contributed by atoms with Crippen LogP contribution in [0, 0.1) is 20.8 Å². The fourth-order valence-corrected chi connectivity index (χ4v) is 1.79. The number of nitrogens with zero attached hydrogens (tertiary/aromatic N) is 1. The summed E-state index contributed by atoms with van der Waals surface area (Å²) in [4.78, 5) is 4.41. The van der Waals surface area contributed by atoms with Crippen molar-refractivity contribution in [2.24, 2.45) is 0 Å². The molecule has 0 fully saturated rings. The zero-order valence-corrected chi connectivity index (χ0v) is 10.5. The monoisotopic (exact) mass is 227 g/mol. The number of pyridine rings is 1. The number of aryl methyl sites for hydroxylation is 3. The van der Waals surface area contributed by atoms with E-state index in [4.69, 9.17) is 4.74 Å². The molecule has 0 radical (unpaired) electrons. The number of hydrogen-bond donors (Lipinski definition) is 0. The molecule has 88 valence electrons. The molecule has 0 aliphatic rings. The highest BCUT2D eigenvalue weighted by Crippen LogP contribution is 2.19. The smallest absolute Gasteiger partial charge is 0.130 e. The molecule has 0 N–H and O–H groups in total. The van der Waals surface area contributed by atoms with Crippen LogP contribution in [0.4, 0.5) is 0 Å². The quantitative estimate of drug-likeness (QED) is 0.799. The minimum atomic E-state index is 0.519. The first-order valence-electron chi connectivity index (χ1n) is 5.78. The van der Waals surface area contributed by atoms with Crippen LogP contribution in [0.3, 0.4) is 0 Å². The summed E-state index contributed by atoms with van der Waals surface area (Å²) in [5, 5.41) is 0. The Labute approximate surface area is 102 Å². The van der Waals surface area contributed by atoms with Crippen molar-refractivity contribution < 1.29 is 4.74 Å². The molecule has 2 aromatic rings. The van der Waals surface area contributed by atoms with Gasteiger partial charge >= 0.3 is 0 Å². The maximum Gasteiger partial charge on any atom is 0.130 e. The predicted octanol–water partition coefficient (Wildman–Crippen LogP) is 3.59. The van der Waals surface area contributed by atoms with Crippen molar-refractivity contribution in [1.82, 2.24) is 4.98 Å². The van der Waals surface area contributed by atoms with Crippen molar-refractivity contribution in [2.75, 3.05) is 0 Å². The molecule has 0 saturated heterocycles.